The van der Waals surface area contributed by atoms with Gasteiger partial charge in [0.05, 0.1) is 28.3 Å². The molecule has 1 amide bonds. The molecule has 29 heavy (non-hydrogen) atoms. The average Bonchev–Trinajstić information content (AvgIpc) is 2.98. The second-order valence-corrected chi connectivity index (χ2v) is 9.46. The first kappa shape index (κ1) is 21.6. The van der Waals surface area contributed by atoms with Gasteiger partial charge in [0.15, 0.2) is 0 Å². The third-order valence-electron chi connectivity index (χ3n) is 4.99. The minimum absolute atomic E-state index is 0.0742. The lowest BCUT2D eigenvalue weighted by molar-refractivity contribution is 0.102. The van der Waals surface area contributed by atoms with Crippen molar-refractivity contribution in [3.63, 3.8) is 0 Å². The van der Waals surface area contributed by atoms with Gasteiger partial charge in [-0.3, -0.25) is 4.79 Å². The fourth-order valence-corrected chi connectivity index (χ4v) is 5.13. The van der Waals surface area contributed by atoms with Crippen molar-refractivity contribution in [2.45, 2.75) is 37.5 Å². The Hall–Kier alpha value is -2.09. The second kappa shape index (κ2) is 9.15. The van der Waals surface area contributed by atoms with Gasteiger partial charge in [-0.25, -0.2) is 8.42 Å². The SMILES string of the molecule is COc1ccc(C)cc1NC(=O)c1cc(S(=O)(=O)N2CCCCCC2)ccc1Cl. The molecule has 1 N–H and O–H groups in total. The molecule has 8 heteroatoms. The second-order valence-electron chi connectivity index (χ2n) is 7.12. The van der Waals surface area contributed by atoms with Crippen LogP contribution in [-0.4, -0.2) is 38.8 Å². The molecule has 0 spiro atoms. The van der Waals surface area contributed by atoms with Gasteiger partial charge in [-0.2, -0.15) is 4.31 Å². The number of anilines is 1. The number of sulfonamides is 1. The zero-order valence-electron chi connectivity index (χ0n) is 16.6. The number of hydrogen-bond donors (Lipinski definition) is 1. The molecule has 1 aliphatic heterocycles. The van der Waals surface area contributed by atoms with Crippen LogP contribution in [0.3, 0.4) is 0 Å². The molecule has 156 valence electrons. The first-order valence-corrected chi connectivity index (χ1v) is 11.4. The van der Waals surface area contributed by atoms with Gasteiger partial charge in [-0.15, -0.1) is 0 Å². The molecule has 6 nitrogen and oxygen atoms in total. The molecule has 1 heterocycles. The van der Waals surface area contributed by atoms with Crippen molar-refractivity contribution in [2.75, 3.05) is 25.5 Å². The standard InChI is InChI=1S/C21H25ClN2O4S/c1-15-7-10-20(28-2)19(13-15)23-21(25)17-14-16(8-9-18(17)22)29(26,27)24-11-5-3-4-6-12-24/h7-10,13-14H,3-6,11-12H2,1-2H3,(H,23,25). The minimum Gasteiger partial charge on any atom is -0.495 e. The summed E-state index contributed by atoms with van der Waals surface area (Å²) in [5.74, 6) is 0.0141. The maximum atomic E-state index is 13.1. The molecule has 1 aliphatic rings. The fourth-order valence-electron chi connectivity index (χ4n) is 3.38. The first-order chi connectivity index (χ1) is 13.8. The van der Waals surface area contributed by atoms with Crippen molar-refractivity contribution in [3.05, 3.63) is 52.5 Å². The number of nitrogens with zero attached hydrogens (tertiary/aromatic N) is 1. The summed E-state index contributed by atoms with van der Waals surface area (Å²) in [7, 11) is -2.16. The molecular weight excluding hydrogens is 412 g/mol. The van der Waals surface area contributed by atoms with E-state index in [0.717, 1.165) is 31.2 Å². The Morgan fingerprint density at radius 3 is 2.41 bits per heavy atom. The lowest BCUT2D eigenvalue weighted by Crippen LogP contribution is -2.32. The molecule has 0 saturated carbocycles. The molecule has 0 bridgehead atoms. The van der Waals surface area contributed by atoms with E-state index >= 15 is 0 Å². The molecule has 1 saturated heterocycles. The molecule has 0 aromatic heterocycles. The topological polar surface area (TPSA) is 75.7 Å². The number of amides is 1. The summed E-state index contributed by atoms with van der Waals surface area (Å²) < 4.78 is 32.9. The Bertz CT molecular complexity index is 1000. The number of carbonyl (C=O) groups excluding carboxylic acids is 1. The van der Waals surface area contributed by atoms with Crippen molar-refractivity contribution >= 4 is 33.2 Å². The predicted molar refractivity (Wildman–Crippen MR) is 114 cm³/mol. The van der Waals surface area contributed by atoms with Gasteiger partial charge in [0.2, 0.25) is 10.0 Å². The molecule has 2 aromatic rings. The highest BCUT2D eigenvalue weighted by Gasteiger charge is 2.26. The summed E-state index contributed by atoms with van der Waals surface area (Å²) in [6.45, 7) is 2.89. The summed E-state index contributed by atoms with van der Waals surface area (Å²) in [5, 5.41) is 2.96. The highest BCUT2D eigenvalue weighted by atomic mass is 35.5. The van der Waals surface area contributed by atoms with Crippen LogP contribution in [0.25, 0.3) is 0 Å². The number of hydrogen-bond acceptors (Lipinski definition) is 4. The lowest BCUT2D eigenvalue weighted by atomic mass is 10.1. The summed E-state index contributed by atoms with van der Waals surface area (Å²) >= 11 is 6.22. The van der Waals surface area contributed by atoms with Crippen LogP contribution in [0.1, 0.15) is 41.6 Å². The van der Waals surface area contributed by atoms with Gasteiger partial charge in [-0.05, 0) is 55.7 Å². The number of carbonyl (C=O) groups is 1. The number of benzene rings is 2. The van der Waals surface area contributed by atoms with Crippen LogP contribution >= 0.6 is 11.6 Å². The van der Waals surface area contributed by atoms with E-state index in [9.17, 15) is 13.2 Å². The Balaban J connectivity index is 1.91. The van der Waals surface area contributed by atoms with Crippen LogP contribution in [0.5, 0.6) is 5.75 Å². The van der Waals surface area contributed by atoms with Crippen molar-refractivity contribution in [3.8, 4) is 5.75 Å². The van der Waals surface area contributed by atoms with Gasteiger partial charge < -0.3 is 10.1 Å². The molecular formula is C21H25ClN2O4S. The zero-order valence-corrected chi connectivity index (χ0v) is 18.1. The molecule has 0 radical (unpaired) electrons. The molecule has 0 aliphatic carbocycles. The number of nitrogens with one attached hydrogen (secondary N) is 1. The largest absolute Gasteiger partial charge is 0.495 e. The first-order valence-electron chi connectivity index (χ1n) is 9.58. The zero-order chi connectivity index (χ0) is 21.0. The number of methoxy groups -OCH3 is 1. The lowest BCUT2D eigenvalue weighted by Gasteiger charge is -2.20. The van der Waals surface area contributed by atoms with Crippen molar-refractivity contribution in [2.24, 2.45) is 0 Å². The van der Waals surface area contributed by atoms with E-state index in [1.54, 1.807) is 12.1 Å². The molecule has 2 aromatic carbocycles. The van der Waals surface area contributed by atoms with Gasteiger partial charge in [0, 0.05) is 13.1 Å². The predicted octanol–water partition coefficient (Wildman–Crippen LogP) is 4.47. The Morgan fingerprint density at radius 1 is 1.07 bits per heavy atom. The quantitative estimate of drug-likeness (QED) is 0.750. The Labute approximate surface area is 176 Å². The van der Waals surface area contributed by atoms with Crippen molar-refractivity contribution in [1.82, 2.24) is 4.31 Å². The molecule has 0 atom stereocenters. The minimum atomic E-state index is -3.68. The highest BCUT2D eigenvalue weighted by molar-refractivity contribution is 7.89. The van der Waals surface area contributed by atoms with Gasteiger partial charge in [0.1, 0.15) is 5.75 Å². The maximum Gasteiger partial charge on any atom is 0.257 e. The average molecular weight is 437 g/mol. The van der Waals surface area contributed by atoms with E-state index in [1.165, 1.54) is 29.6 Å². The number of halogens is 1. The monoisotopic (exact) mass is 436 g/mol. The molecule has 0 unspecified atom stereocenters. The number of ether oxygens (including phenoxy) is 1. The molecule has 1 fully saturated rings. The maximum absolute atomic E-state index is 13.1. The summed E-state index contributed by atoms with van der Waals surface area (Å²) in [6, 6.07) is 9.66. The van der Waals surface area contributed by atoms with Crippen LogP contribution in [0.4, 0.5) is 5.69 Å². The summed E-state index contributed by atoms with van der Waals surface area (Å²) in [6.07, 6.45) is 3.73. The van der Waals surface area contributed by atoms with E-state index in [1.807, 2.05) is 13.0 Å². The van der Waals surface area contributed by atoms with Crippen molar-refractivity contribution in [1.29, 1.82) is 0 Å². The Kier molecular flexibility index (Phi) is 6.82. The van der Waals surface area contributed by atoms with E-state index in [-0.39, 0.29) is 15.5 Å². The smallest absolute Gasteiger partial charge is 0.257 e. The van der Waals surface area contributed by atoms with Gasteiger partial charge in [-0.1, -0.05) is 30.5 Å². The van der Waals surface area contributed by atoms with Crippen molar-refractivity contribution < 1.29 is 17.9 Å². The van der Waals surface area contributed by atoms with Crippen LogP contribution < -0.4 is 10.1 Å². The van der Waals surface area contributed by atoms with Gasteiger partial charge >= 0.3 is 0 Å². The molecule has 3 rings (SSSR count). The van der Waals surface area contributed by atoms with Crippen LogP contribution in [0, 0.1) is 6.92 Å². The van der Waals surface area contributed by atoms with E-state index in [4.69, 9.17) is 16.3 Å². The summed E-state index contributed by atoms with van der Waals surface area (Å²) in [4.78, 5) is 12.9. The third kappa shape index (κ3) is 4.91. The number of rotatable bonds is 5. The van der Waals surface area contributed by atoms with Crippen LogP contribution in [-0.2, 0) is 10.0 Å². The van der Waals surface area contributed by atoms with E-state index in [2.05, 4.69) is 5.32 Å². The van der Waals surface area contributed by atoms with E-state index < -0.39 is 15.9 Å². The van der Waals surface area contributed by atoms with Crippen LogP contribution in [0.2, 0.25) is 5.02 Å². The highest BCUT2D eigenvalue weighted by Crippen LogP contribution is 2.29. The summed E-state index contributed by atoms with van der Waals surface area (Å²) in [5.41, 5.74) is 1.55. The Morgan fingerprint density at radius 2 is 1.76 bits per heavy atom. The van der Waals surface area contributed by atoms with E-state index in [0.29, 0.717) is 24.5 Å². The normalized spacial score (nSPS) is 15.6. The fraction of sp³-hybridized carbons (Fsp3) is 0.381. The number of aryl methyl sites for hydroxylation is 1. The van der Waals surface area contributed by atoms with Crippen LogP contribution in [0.15, 0.2) is 41.3 Å². The third-order valence-corrected chi connectivity index (χ3v) is 7.21. The van der Waals surface area contributed by atoms with Gasteiger partial charge in [0.25, 0.3) is 5.91 Å².